The first-order valence-electron chi connectivity index (χ1n) is 5.87. The molecule has 2 saturated heterocycles. The summed E-state index contributed by atoms with van der Waals surface area (Å²) in [5.41, 5.74) is 0. The van der Waals surface area contributed by atoms with Crippen LogP contribution in [0.25, 0.3) is 0 Å². The number of carbonyl (C=O) groups excluding carboxylic acids is 1. The average Bonchev–Trinajstić information content (AvgIpc) is 2.29. The van der Waals surface area contributed by atoms with Gasteiger partial charge in [0.2, 0.25) is 5.91 Å². The van der Waals surface area contributed by atoms with Crippen LogP contribution in [-0.4, -0.2) is 49.7 Å². The van der Waals surface area contributed by atoms with Crippen molar-refractivity contribution in [1.82, 2.24) is 10.2 Å². The van der Waals surface area contributed by atoms with Crippen molar-refractivity contribution in [2.24, 2.45) is 5.92 Å². The zero-order valence-corrected chi connectivity index (χ0v) is 10.6. The Balaban J connectivity index is 0.00000128. The van der Waals surface area contributed by atoms with Gasteiger partial charge in [-0.25, -0.2) is 0 Å². The second kappa shape index (κ2) is 6.42. The van der Waals surface area contributed by atoms with Crippen LogP contribution >= 0.6 is 12.4 Å². The molecule has 0 aliphatic carbocycles. The standard InChI is InChI=1S/C11H20N2O2.ClH/c1-9-8-13(5-4-12-9)11(14)10-2-6-15-7-3-10;/h9-10,12H,2-8H2,1H3;1H/t9-;/m1./s1. The molecule has 0 radical (unpaired) electrons. The van der Waals surface area contributed by atoms with Crippen molar-refractivity contribution in [1.29, 1.82) is 0 Å². The highest BCUT2D eigenvalue weighted by atomic mass is 35.5. The van der Waals surface area contributed by atoms with Gasteiger partial charge in [-0.15, -0.1) is 12.4 Å². The molecule has 0 bridgehead atoms. The smallest absolute Gasteiger partial charge is 0.225 e. The molecular formula is C11H21ClN2O2. The van der Waals surface area contributed by atoms with E-state index in [2.05, 4.69) is 12.2 Å². The van der Waals surface area contributed by atoms with Crippen molar-refractivity contribution in [3.05, 3.63) is 0 Å². The van der Waals surface area contributed by atoms with Crippen molar-refractivity contribution in [3.63, 3.8) is 0 Å². The van der Waals surface area contributed by atoms with Crippen molar-refractivity contribution < 1.29 is 9.53 Å². The first-order valence-corrected chi connectivity index (χ1v) is 5.87. The Labute approximate surface area is 103 Å². The second-order valence-electron chi connectivity index (χ2n) is 4.53. The molecule has 16 heavy (non-hydrogen) atoms. The second-order valence-corrected chi connectivity index (χ2v) is 4.53. The van der Waals surface area contributed by atoms with Gasteiger partial charge in [0.15, 0.2) is 0 Å². The van der Waals surface area contributed by atoms with Crippen LogP contribution in [0.15, 0.2) is 0 Å². The molecule has 2 aliphatic heterocycles. The summed E-state index contributed by atoms with van der Waals surface area (Å²) in [5.74, 6) is 0.552. The van der Waals surface area contributed by atoms with Crippen LogP contribution in [0.2, 0.25) is 0 Å². The number of halogens is 1. The van der Waals surface area contributed by atoms with Gasteiger partial charge in [-0.05, 0) is 19.8 Å². The van der Waals surface area contributed by atoms with Gasteiger partial charge in [0.25, 0.3) is 0 Å². The van der Waals surface area contributed by atoms with Crippen LogP contribution in [0.5, 0.6) is 0 Å². The number of hydrogen-bond acceptors (Lipinski definition) is 3. The molecular weight excluding hydrogens is 228 g/mol. The third-order valence-corrected chi connectivity index (χ3v) is 3.25. The molecule has 0 spiro atoms. The Kier molecular flexibility index (Phi) is 5.52. The van der Waals surface area contributed by atoms with E-state index in [1.54, 1.807) is 0 Å². The number of amides is 1. The van der Waals surface area contributed by atoms with E-state index in [0.29, 0.717) is 11.9 Å². The molecule has 0 aromatic heterocycles. The Morgan fingerprint density at radius 2 is 2.06 bits per heavy atom. The van der Waals surface area contributed by atoms with Crippen LogP contribution in [-0.2, 0) is 9.53 Å². The van der Waals surface area contributed by atoms with Crippen LogP contribution in [0.3, 0.4) is 0 Å². The quantitative estimate of drug-likeness (QED) is 0.741. The molecule has 4 nitrogen and oxygen atoms in total. The number of hydrogen-bond donors (Lipinski definition) is 1. The summed E-state index contributed by atoms with van der Waals surface area (Å²) >= 11 is 0. The highest BCUT2D eigenvalue weighted by molar-refractivity contribution is 5.85. The van der Waals surface area contributed by atoms with Crippen molar-refractivity contribution in [2.45, 2.75) is 25.8 Å². The number of rotatable bonds is 1. The average molecular weight is 249 g/mol. The first kappa shape index (κ1) is 13.7. The molecule has 2 rings (SSSR count). The van der Waals surface area contributed by atoms with Gasteiger partial charge in [-0.1, -0.05) is 0 Å². The maximum Gasteiger partial charge on any atom is 0.225 e. The van der Waals surface area contributed by atoms with Crippen LogP contribution in [0.4, 0.5) is 0 Å². The summed E-state index contributed by atoms with van der Waals surface area (Å²) in [4.78, 5) is 14.2. The normalized spacial score (nSPS) is 27.3. The highest BCUT2D eigenvalue weighted by Crippen LogP contribution is 2.18. The lowest BCUT2D eigenvalue weighted by Gasteiger charge is -2.35. The number of piperazine rings is 1. The van der Waals surface area contributed by atoms with E-state index in [9.17, 15) is 4.79 Å². The topological polar surface area (TPSA) is 41.6 Å². The Morgan fingerprint density at radius 3 is 2.69 bits per heavy atom. The lowest BCUT2D eigenvalue weighted by atomic mass is 9.98. The Morgan fingerprint density at radius 1 is 1.38 bits per heavy atom. The molecule has 0 aromatic carbocycles. The molecule has 1 atom stereocenters. The van der Waals surface area contributed by atoms with Gasteiger partial charge in [-0.2, -0.15) is 0 Å². The van der Waals surface area contributed by atoms with Crippen molar-refractivity contribution in [3.8, 4) is 0 Å². The molecule has 94 valence electrons. The maximum atomic E-state index is 12.1. The van der Waals surface area contributed by atoms with E-state index in [4.69, 9.17) is 4.74 Å². The van der Waals surface area contributed by atoms with Crippen LogP contribution in [0, 0.1) is 5.92 Å². The third-order valence-electron chi connectivity index (χ3n) is 3.25. The molecule has 0 saturated carbocycles. The Hall–Kier alpha value is -0.320. The van der Waals surface area contributed by atoms with E-state index in [1.165, 1.54) is 0 Å². The first-order chi connectivity index (χ1) is 7.27. The Bertz CT molecular complexity index is 232. The zero-order chi connectivity index (χ0) is 10.7. The lowest BCUT2D eigenvalue weighted by molar-refractivity contribution is -0.139. The third kappa shape index (κ3) is 3.34. The fraction of sp³-hybridized carbons (Fsp3) is 0.909. The fourth-order valence-electron chi connectivity index (χ4n) is 2.34. The summed E-state index contributed by atoms with van der Waals surface area (Å²) in [6.07, 6.45) is 1.80. The maximum absolute atomic E-state index is 12.1. The largest absolute Gasteiger partial charge is 0.381 e. The molecule has 2 aliphatic rings. The molecule has 5 heteroatoms. The highest BCUT2D eigenvalue weighted by Gasteiger charge is 2.28. The van der Waals surface area contributed by atoms with E-state index in [1.807, 2.05) is 4.90 Å². The molecule has 1 amide bonds. The summed E-state index contributed by atoms with van der Waals surface area (Å²) in [6.45, 7) is 6.27. The van der Waals surface area contributed by atoms with Crippen molar-refractivity contribution >= 4 is 18.3 Å². The van der Waals surface area contributed by atoms with E-state index in [-0.39, 0.29) is 18.3 Å². The van der Waals surface area contributed by atoms with Gasteiger partial charge >= 0.3 is 0 Å². The SMILES string of the molecule is C[C@@H]1CN(C(=O)C2CCOCC2)CCN1.Cl. The molecule has 0 aromatic rings. The minimum Gasteiger partial charge on any atom is -0.381 e. The summed E-state index contributed by atoms with van der Waals surface area (Å²) in [5, 5.41) is 3.35. The zero-order valence-electron chi connectivity index (χ0n) is 9.78. The number of nitrogens with one attached hydrogen (secondary N) is 1. The van der Waals surface area contributed by atoms with E-state index >= 15 is 0 Å². The van der Waals surface area contributed by atoms with Gasteiger partial charge in [0.1, 0.15) is 0 Å². The van der Waals surface area contributed by atoms with Crippen LogP contribution < -0.4 is 5.32 Å². The minimum atomic E-state index is 0. The summed E-state index contributed by atoms with van der Waals surface area (Å²) < 4.78 is 5.28. The lowest BCUT2D eigenvalue weighted by Crippen LogP contribution is -2.53. The molecule has 2 fully saturated rings. The molecule has 0 unspecified atom stereocenters. The van der Waals surface area contributed by atoms with Gasteiger partial charge in [0.05, 0.1) is 0 Å². The molecule has 2 heterocycles. The van der Waals surface area contributed by atoms with E-state index in [0.717, 1.165) is 45.7 Å². The molecule has 1 N–H and O–H groups in total. The van der Waals surface area contributed by atoms with Crippen LogP contribution in [0.1, 0.15) is 19.8 Å². The number of nitrogens with zero attached hydrogens (tertiary/aromatic N) is 1. The van der Waals surface area contributed by atoms with Crippen molar-refractivity contribution in [2.75, 3.05) is 32.8 Å². The van der Waals surface area contributed by atoms with Gasteiger partial charge in [-0.3, -0.25) is 4.79 Å². The fourth-order valence-corrected chi connectivity index (χ4v) is 2.34. The monoisotopic (exact) mass is 248 g/mol. The summed E-state index contributed by atoms with van der Waals surface area (Å²) in [7, 11) is 0. The minimum absolute atomic E-state index is 0. The van der Waals surface area contributed by atoms with E-state index < -0.39 is 0 Å². The van der Waals surface area contributed by atoms with Gasteiger partial charge in [0, 0.05) is 44.8 Å². The predicted octanol–water partition coefficient (Wildman–Crippen LogP) is 0.655. The number of carbonyl (C=O) groups is 1. The number of ether oxygens (including phenoxy) is 1. The summed E-state index contributed by atoms with van der Waals surface area (Å²) in [6, 6.07) is 0.433. The van der Waals surface area contributed by atoms with Gasteiger partial charge < -0.3 is 15.0 Å². The predicted molar refractivity (Wildman–Crippen MR) is 64.8 cm³/mol.